The highest BCUT2D eigenvalue weighted by molar-refractivity contribution is 5.81. The molecule has 2 N–H and O–H groups in total. The van der Waals surface area contributed by atoms with E-state index in [1.165, 1.54) is 11.0 Å². The van der Waals surface area contributed by atoms with Crippen LogP contribution in [0.3, 0.4) is 0 Å². The molecule has 0 spiro atoms. The number of amides is 1. The largest absolute Gasteiger partial charge is 0.465 e. The number of hydrogen-bond acceptors (Lipinski definition) is 6. The Morgan fingerprint density at radius 1 is 1.21 bits per heavy atom. The fraction of sp³-hybridized carbons (Fsp3) is 0.375. The number of nitrogens with one attached hydrogen (secondary N) is 1. The third-order valence-electron chi connectivity index (χ3n) is 6.50. The maximum Gasteiger partial charge on any atom is 0.407 e. The zero-order valence-corrected chi connectivity index (χ0v) is 19.1. The molecule has 0 saturated carbocycles. The Labute approximate surface area is 195 Å². The topological polar surface area (TPSA) is 121 Å². The lowest BCUT2D eigenvalue weighted by Crippen LogP contribution is -2.51. The van der Waals surface area contributed by atoms with Crippen molar-refractivity contribution in [2.24, 2.45) is 5.41 Å². The Morgan fingerprint density at radius 2 is 1.97 bits per heavy atom. The zero-order chi connectivity index (χ0) is 24.0. The number of fused-ring (bicyclic) bond motifs is 1. The lowest BCUT2D eigenvalue weighted by Gasteiger charge is -2.43. The summed E-state index contributed by atoms with van der Waals surface area (Å²) in [5.41, 5.74) is 2.93. The van der Waals surface area contributed by atoms with Gasteiger partial charge in [-0.3, -0.25) is 0 Å². The standard InChI is InChI=1S/C24H25FN6O3/c1-24(2,3)20-12-15(8-9-31(20)23(32)33)22-26-18-11-14(5-7-19(18)34-22)13-4-6-16(17(25)10-13)21-27-29-30-28-21/h4-7,10-11,15,20H,8-9,12H2,1-3H3,(H,32,33)(H,27,28,29,30). The summed E-state index contributed by atoms with van der Waals surface area (Å²) in [5, 5.41) is 22.9. The van der Waals surface area contributed by atoms with Crippen molar-refractivity contribution in [3.05, 3.63) is 48.1 Å². The van der Waals surface area contributed by atoms with Gasteiger partial charge in [-0.1, -0.05) is 32.9 Å². The van der Waals surface area contributed by atoms with Crippen LogP contribution in [0.2, 0.25) is 0 Å². The number of aromatic amines is 1. The van der Waals surface area contributed by atoms with Crippen molar-refractivity contribution < 1.29 is 18.7 Å². The molecule has 1 fully saturated rings. The van der Waals surface area contributed by atoms with E-state index >= 15 is 0 Å². The minimum absolute atomic E-state index is 0.0305. The highest BCUT2D eigenvalue weighted by Crippen LogP contribution is 2.40. The summed E-state index contributed by atoms with van der Waals surface area (Å²) in [6.45, 7) is 6.60. The number of hydrogen-bond donors (Lipinski definition) is 2. The molecule has 1 aliphatic heterocycles. The first kappa shape index (κ1) is 22.0. The van der Waals surface area contributed by atoms with Gasteiger partial charge in [-0.05, 0) is 64.1 Å². The predicted molar refractivity (Wildman–Crippen MR) is 123 cm³/mol. The van der Waals surface area contributed by atoms with Crippen LogP contribution in [-0.4, -0.2) is 54.3 Å². The number of nitrogens with zero attached hydrogens (tertiary/aromatic N) is 5. The average molecular weight is 465 g/mol. The number of rotatable bonds is 3. The van der Waals surface area contributed by atoms with E-state index in [0.717, 1.165) is 5.56 Å². The zero-order valence-electron chi connectivity index (χ0n) is 19.1. The third kappa shape index (κ3) is 4.00. The molecule has 0 bridgehead atoms. The van der Waals surface area contributed by atoms with Crippen LogP contribution in [-0.2, 0) is 0 Å². The fourth-order valence-electron chi connectivity index (χ4n) is 4.70. The summed E-state index contributed by atoms with van der Waals surface area (Å²) in [6.07, 6.45) is 0.416. The summed E-state index contributed by atoms with van der Waals surface area (Å²) in [4.78, 5) is 18.0. The average Bonchev–Trinajstić information content (AvgIpc) is 3.47. The van der Waals surface area contributed by atoms with Crippen molar-refractivity contribution in [1.82, 2.24) is 30.5 Å². The molecule has 1 amide bonds. The molecule has 2 atom stereocenters. The van der Waals surface area contributed by atoms with Gasteiger partial charge in [-0.25, -0.2) is 19.3 Å². The van der Waals surface area contributed by atoms with Crippen molar-refractivity contribution in [1.29, 1.82) is 0 Å². The Balaban J connectivity index is 1.42. The Kier molecular flexibility index (Phi) is 5.30. The SMILES string of the molecule is CC(C)(C)C1CC(c2nc3cc(-c4ccc(-c5nnn[nH]5)c(F)c4)ccc3o2)CCN1C(=O)O. The molecule has 2 aromatic carbocycles. The molecular formula is C24H25FN6O3. The van der Waals surface area contributed by atoms with Gasteiger partial charge in [0.25, 0.3) is 0 Å². The van der Waals surface area contributed by atoms with Crippen LogP contribution in [0.5, 0.6) is 0 Å². The van der Waals surface area contributed by atoms with E-state index in [4.69, 9.17) is 9.40 Å². The first-order valence-electron chi connectivity index (χ1n) is 11.1. The predicted octanol–water partition coefficient (Wildman–Crippen LogP) is 5.09. The van der Waals surface area contributed by atoms with Gasteiger partial charge in [0, 0.05) is 18.5 Å². The second kappa shape index (κ2) is 8.19. The number of piperidine rings is 1. The molecule has 5 rings (SSSR count). The minimum atomic E-state index is -0.890. The van der Waals surface area contributed by atoms with E-state index < -0.39 is 11.9 Å². The van der Waals surface area contributed by atoms with Gasteiger partial charge in [0.15, 0.2) is 17.3 Å². The summed E-state index contributed by atoms with van der Waals surface area (Å²) >= 11 is 0. The van der Waals surface area contributed by atoms with Crippen LogP contribution >= 0.6 is 0 Å². The van der Waals surface area contributed by atoms with E-state index in [-0.39, 0.29) is 23.2 Å². The van der Waals surface area contributed by atoms with E-state index in [0.29, 0.717) is 47.5 Å². The number of H-pyrrole nitrogens is 1. The van der Waals surface area contributed by atoms with Crippen molar-refractivity contribution in [2.45, 2.75) is 45.6 Å². The molecule has 3 heterocycles. The highest BCUT2D eigenvalue weighted by atomic mass is 19.1. The minimum Gasteiger partial charge on any atom is -0.465 e. The molecule has 34 heavy (non-hydrogen) atoms. The molecular weight excluding hydrogens is 439 g/mol. The third-order valence-corrected chi connectivity index (χ3v) is 6.50. The molecule has 176 valence electrons. The van der Waals surface area contributed by atoms with E-state index in [2.05, 4.69) is 41.4 Å². The molecule has 1 aliphatic rings. The van der Waals surface area contributed by atoms with Crippen LogP contribution in [0.1, 0.15) is 45.4 Å². The Bertz CT molecular complexity index is 1340. The maximum absolute atomic E-state index is 14.7. The van der Waals surface area contributed by atoms with Crippen molar-refractivity contribution in [3.63, 3.8) is 0 Å². The van der Waals surface area contributed by atoms with Gasteiger partial charge in [0.2, 0.25) is 0 Å². The van der Waals surface area contributed by atoms with Gasteiger partial charge in [0.05, 0.1) is 5.56 Å². The van der Waals surface area contributed by atoms with Gasteiger partial charge in [-0.2, -0.15) is 0 Å². The van der Waals surface area contributed by atoms with Crippen molar-refractivity contribution in [2.75, 3.05) is 6.54 Å². The number of oxazole rings is 1. The van der Waals surface area contributed by atoms with Gasteiger partial charge in [0.1, 0.15) is 11.3 Å². The molecule has 1 saturated heterocycles. The lowest BCUT2D eigenvalue weighted by molar-refractivity contribution is 0.0494. The number of benzene rings is 2. The van der Waals surface area contributed by atoms with Crippen LogP contribution in [0.15, 0.2) is 40.8 Å². The van der Waals surface area contributed by atoms with E-state index in [9.17, 15) is 14.3 Å². The second-order valence-corrected chi connectivity index (χ2v) is 9.76. The van der Waals surface area contributed by atoms with Crippen LogP contribution in [0, 0.1) is 11.2 Å². The smallest absolute Gasteiger partial charge is 0.407 e. The fourth-order valence-corrected chi connectivity index (χ4v) is 4.70. The summed E-state index contributed by atoms with van der Waals surface area (Å²) < 4.78 is 20.8. The van der Waals surface area contributed by atoms with Gasteiger partial charge in [-0.15, -0.1) is 5.10 Å². The lowest BCUT2D eigenvalue weighted by atomic mass is 9.77. The molecule has 9 nitrogen and oxygen atoms in total. The van der Waals surface area contributed by atoms with Gasteiger partial charge < -0.3 is 14.4 Å². The number of aromatic nitrogens is 5. The normalized spacial score (nSPS) is 19.0. The Morgan fingerprint density at radius 3 is 2.65 bits per heavy atom. The van der Waals surface area contributed by atoms with Crippen molar-refractivity contribution in [3.8, 4) is 22.5 Å². The number of carboxylic acid groups (broad SMARTS) is 1. The molecule has 0 aliphatic carbocycles. The molecule has 10 heteroatoms. The summed E-state index contributed by atoms with van der Waals surface area (Å²) in [7, 11) is 0. The van der Waals surface area contributed by atoms with Crippen LogP contribution in [0.25, 0.3) is 33.6 Å². The quantitative estimate of drug-likeness (QED) is 0.433. The first-order chi connectivity index (χ1) is 16.2. The summed E-state index contributed by atoms with van der Waals surface area (Å²) in [6, 6.07) is 10.3. The maximum atomic E-state index is 14.7. The first-order valence-corrected chi connectivity index (χ1v) is 11.1. The number of halogens is 1. The van der Waals surface area contributed by atoms with Gasteiger partial charge >= 0.3 is 6.09 Å². The monoisotopic (exact) mass is 464 g/mol. The molecule has 2 aromatic heterocycles. The molecule has 0 radical (unpaired) electrons. The molecule has 4 aromatic rings. The van der Waals surface area contributed by atoms with Crippen LogP contribution < -0.4 is 0 Å². The molecule has 2 unspecified atom stereocenters. The number of tetrazole rings is 1. The Hall–Kier alpha value is -3.82. The number of likely N-dealkylation sites (tertiary alicyclic amines) is 1. The van der Waals surface area contributed by atoms with Crippen molar-refractivity contribution >= 4 is 17.2 Å². The second-order valence-electron chi connectivity index (χ2n) is 9.76. The summed E-state index contributed by atoms with van der Waals surface area (Å²) in [5.74, 6) is 0.479. The number of carbonyl (C=O) groups is 1. The van der Waals surface area contributed by atoms with E-state index in [1.807, 2.05) is 18.2 Å². The van der Waals surface area contributed by atoms with E-state index in [1.54, 1.807) is 12.1 Å². The highest BCUT2D eigenvalue weighted by Gasteiger charge is 2.40. The van der Waals surface area contributed by atoms with Crippen LogP contribution in [0.4, 0.5) is 9.18 Å².